The molecule has 1 aliphatic heterocycles. The summed E-state index contributed by atoms with van der Waals surface area (Å²) < 4.78 is 0. The Morgan fingerprint density at radius 1 is 1.21 bits per heavy atom. The highest BCUT2D eigenvalue weighted by atomic mass is 16.2. The van der Waals surface area contributed by atoms with Gasteiger partial charge in [-0.05, 0) is 41.0 Å². The van der Waals surface area contributed by atoms with E-state index in [1.807, 2.05) is 18.7 Å². The third kappa shape index (κ3) is 4.79. The number of nitrogens with zero attached hydrogens (tertiary/aromatic N) is 2. The van der Waals surface area contributed by atoms with Crippen LogP contribution in [-0.4, -0.2) is 46.4 Å². The quantitative estimate of drug-likeness (QED) is 0.783. The van der Waals surface area contributed by atoms with Gasteiger partial charge in [0.2, 0.25) is 5.91 Å². The molecule has 0 aromatic heterocycles. The van der Waals surface area contributed by atoms with Crippen molar-refractivity contribution in [1.29, 1.82) is 0 Å². The van der Waals surface area contributed by atoms with Gasteiger partial charge in [-0.1, -0.05) is 27.2 Å². The minimum absolute atomic E-state index is 0.0798. The maximum atomic E-state index is 12.5. The van der Waals surface area contributed by atoms with E-state index >= 15 is 0 Å². The van der Waals surface area contributed by atoms with E-state index in [1.54, 1.807) is 0 Å². The van der Waals surface area contributed by atoms with Gasteiger partial charge in [0.25, 0.3) is 0 Å². The van der Waals surface area contributed by atoms with Crippen molar-refractivity contribution < 1.29 is 4.79 Å². The normalized spacial score (nSPS) is 21.4. The van der Waals surface area contributed by atoms with Crippen LogP contribution in [0.2, 0.25) is 0 Å². The van der Waals surface area contributed by atoms with Crippen LogP contribution in [0.5, 0.6) is 0 Å². The van der Waals surface area contributed by atoms with Crippen molar-refractivity contribution in [3.8, 4) is 0 Å². The zero-order valence-electron chi connectivity index (χ0n) is 14.3. The lowest BCUT2D eigenvalue weighted by Crippen LogP contribution is -2.63. The molecule has 0 N–H and O–H groups in total. The Morgan fingerprint density at radius 3 is 2.11 bits per heavy atom. The third-order valence-electron chi connectivity index (χ3n) is 3.57. The van der Waals surface area contributed by atoms with E-state index in [2.05, 4.69) is 46.4 Å². The van der Waals surface area contributed by atoms with Gasteiger partial charge in [-0.2, -0.15) is 0 Å². The van der Waals surface area contributed by atoms with Gasteiger partial charge in [-0.3, -0.25) is 9.69 Å². The summed E-state index contributed by atoms with van der Waals surface area (Å²) >= 11 is 0. The molecule has 1 heterocycles. The van der Waals surface area contributed by atoms with Crippen molar-refractivity contribution in [1.82, 2.24) is 9.80 Å². The number of rotatable bonds is 3. The summed E-state index contributed by atoms with van der Waals surface area (Å²) in [5.74, 6) is 0.322. The number of amides is 1. The minimum Gasteiger partial charge on any atom is -0.338 e. The van der Waals surface area contributed by atoms with Crippen molar-refractivity contribution in [2.45, 2.75) is 85.9 Å². The molecule has 1 aliphatic rings. The molecule has 1 unspecified atom stereocenters. The summed E-state index contributed by atoms with van der Waals surface area (Å²) in [6.07, 6.45) is 2.04. The lowest BCUT2D eigenvalue weighted by atomic mass is 9.96. The molecule has 3 nitrogen and oxygen atoms in total. The van der Waals surface area contributed by atoms with Crippen molar-refractivity contribution in [3.63, 3.8) is 0 Å². The van der Waals surface area contributed by atoms with Gasteiger partial charge >= 0.3 is 0 Å². The van der Waals surface area contributed by atoms with Gasteiger partial charge in [-0.25, -0.2) is 0 Å². The standard InChI is InChI=1S/C14H28N2O.C2H6/c1-7-8-12-13(17)15(11(2)3)9-10-16(12)14(4,5)6;1-2/h11-12H,7-10H2,1-6H3;1-2H3. The third-order valence-corrected chi connectivity index (χ3v) is 3.57. The molecule has 0 radical (unpaired) electrons. The van der Waals surface area contributed by atoms with Crippen LogP contribution < -0.4 is 0 Å². The van der Waals surface area contributed by atoms with Gasteiger partial charge in [0.15, 0.2) is 0 Å². The smallest absolute Gasteiger partial charge is 0.240 e. The summed E-state index contributed by atoms with van der Waals surface area (Å²) in [6, 6.07) is 0.403. The Hall–Kier alpha value is -0.570. The highest BCUT2D eigenvalue weighted by molar-refractivity contribution is 5.83. The molecular formula is C16H34N2O. The topological polar surface area (TPSA) is 23.6 Å². The Balaban J connectivity index is 0.00000154. The molecule has 0 saturated carbocycles. The van der Waals surface area contributed by atoms with Gasteiger partial charge in [0.1, 0.15) is 0 Å². The average Bonchev–Trinajstić information content (AvgIpc) is 2.32. The van der Waals surface area contributed by atoms with Gasteiger partial charge in [0.05, 0.1) is 6.04 Å². The molecular weight excluding hydrogens is 236 g/mol. The molecule has 114 valence electrons. The Bertz CT molecular complexity index is 268. The molecule has 0 aliphatic carbocycles. The molecule has 1 atom stereocenters. The molecule has 0 bridgehead atoms. The monoisotopic (exact) mass is 270 g/mol. The van der Waals surface area contributed by atoms with Crippen LogP contribution >= 0.6 is 0 Å². The van der Waals surface area contributed by atoms with Crippen molar-refractivity contribution >= 4 is 5.91 Å². The maximum Gasteiger partial charge on any atom is 0.240 e. The number of hydrogen-bond acceptors (Lipinski definition) is 2. The zero-order chi connectivity index (χ0) is 15.2. The largest absolute Gasteiger partial charge is 0.338 e. The van der Waals surface area contributed by atoms with Crippen molar-refractivity contribution in [2.24, 2.45) is 0 Å². The van der Waals surface area contributed by atoms with Gasteiger partial charge < -0.3 is 4.90 Å². The van der Waals surface area contributed by atoms with Crippen molar-refractivity contribution in [2.75, 3.05) is 13.1 Å². The Labute approximate surface area is 120 Å². The Kier molecular flexibility index (Phi) is 7.65. The van der Waals surface area contributed by atoms with E-state index in [9.17, 15) is 4.79 Å². The highest BCUT2D eigenvalue weighted by Crippen LogP contribution is 2.25. The second kappa shape index (κ2) is 7.88. The molecule has 3 heteroatoms. The van der Waals surface area contributed by atoms with Gasteiger partial charge in [-0.15, -0.1) is 0 Å². The first kappa shape index (κ1) is 18.4. The fourth-order valence-corrected chi connectivity index (χ4v) is 2.67. The predicted molar refractivity (Wildman–Crippen MR) is 83.4 cm³/mol. The fourth-order valence-electron chi connectivity index (χ4n) is 2.67. The summed E-state index contributed by atoms with van der Waals surface area (Å²) in [5.41, 5.74) is 0.0819. The number of hydrogen-bond donors (Lipinski definition) is 0. The average molecular weight is 270 g/mol. The van der Waals surface area contributed by atoms with E-state index in [-0.39, 0.29) is 11.6 Å². The van der Waals surface area contributed by atoms with Crippen molar-refractivity contribution in [3.05, 3.63) is 0 Å². The second-order valence-electron chi connectivity index (χ2n) is 6.29. The molecule has 19 heavy (non-hydrogen) atoms. The first-order chi connectivity index (χ1) is 8.79. The summed E-state index contributed by atoms with van der Waals surface area (Å²) in [7, 11) is 0. The summed E-state index contributed by atoms with van der Waals surface area (Å²) in [5, 5.41) is 0. The highest BCUT2D eigenvalue weighted by Gasteiger charge is 2.39. The molecule has 1 saturated heterocycles. The number of carbonyl (C=O) groups excluding carboxylic acids is 1. The van der Waals surface area contributed by atoms with Crippen LogP contribution in [0.15, 0.2) is 0 Å². The maximum absolute atomic E-state index is 12.5. The van der Waals surface area contributed by atoms with Crippen LogP contribution in [0.3, 0.4) is 0 Å². The first-order valence-corrected chi connectivity index (χ1v) is 7.86. The second-order valence-corrected chi connectivity index (χ2v) is 6.29. The Morgan fingerprint density at radius 2 is 1.74 bits per heavy atom. The van der Waals surface area contributed by atoms with E-state index in [0.717, 1.165) is 25.9 Å². The molecule has 0 aromatic carbocycles. The van der Waals surface area contributed by atoms with E-state index in [1.165, 1.54) is 0 Å². The van der Waals surface area contributed by atoms with Crippen LogP contribution in [0.25, 0.3) is 0 Å². The molecule has 0 aromatic rings. The minimum atomic E-state index is 0.0798. The molecule has 1 rings (SSSR count). The van der Waals surface area contributed by atoms with Crippen LogP contribution in [-0.2, 0) is 4.79 Å². The molecule has 1 fully saturated rings. The van der Waals surface area contributed by atoms with Crippen LogP contribution in [0, 0.1) is 0 Å². The summed E-state index contributed by atoms with van der Waals surface area (Å²) in [6.45, 7) is 18.8. The SMILES string of the molecule is CC.CCCC1C(=O)N(C(C)C)CCN1C(C)(C)C. The van der Waals surface area contributed by atoms with E-state index < -0.39 is 0 Å². The predicted octanol–water partition coefficient (Wildman–Crippen LogP) is 3.53. The summed E-state index contributed by atoms with van der Waals surface area (Å²) in [4.78, 5) is 16.9. The number of piperazine rings is 1. The molecule has 0 spiro atoms. The van der Waals surface area contributed by atoms with E-state index in [0.29, 0.717) is 11.9 Å². The first-order valence-electron chi connectivity index (χ1n) is 7.86. The molecule has 1 amide bonds. The fraction of sp³-hybridized carbons (Fsp3) is 0.938. The lowest BCUT2D eigenvalue weighted by Gasteiger charge is -2.48. The number of carbonyl (C=O) groups is 1. The van der Waals surface area contributed by atoms with Crippen LogP contribution in [0.1, 0.15) is 68.2 Å². The zero-order valence-corrected chi connectivity index (χ0v) is 14.3. The van der Waals surface area contributed by atoms with Gasteiger partial charge in [0, 0.05) is 24.7 Å². The van der Waals surface area contributed by atoms with E-state index in [4.69, 9.17) is 0 Å². The van der Waals surface area contributed by atoms with Crippen LogP contribution in [0.4, 0.5) is 0 Å². The lowest BCUT2D eigenvalue weighted by molar-refractivity contribution is -0.148.